The third kappa shape index (κ3) is 2.23. The third-order valence-electron chi connectivity index (χ3n) is 1.72. The number of hydrogen-bond acceptors (Lipinski definition) is 1. The average Bonchev–Trinajstić information content (AvgIpc) is 2.07. The SMILES string of the molecule is Nc1c(CBr)ccc(C(F)(F)F)c1Br. The van der Waals surface area contributed by atoms with Gasteiger partial charge in [-0.15, -0.1) is 0 Å². The Morgan fingerprint density at radius 2 is 1.86 bits per heavy atom. The fraction of sp³-hybridized carbons (Fsp3) is 0.250. The zero-order valence-electron chi connectivity index (χ0n) is 6.83. The van der Waals surface area contributed by atoms with Gasteiger partial charge < -0.3 is 5.73 Å². The summed E-state index contributed by atoms with van der Waals surface area (Å²) in [7, 11) is 0. The van der Waals surface area contributed by atoms with Crippen LogP contribution in [0.2, 0.25) is 0 Å². The van der Waals surface area contributed by atoms with Crippen LogP contribution in [-0.2, 0) is 11.5 Å². The third-order valence-corrected chi connectivity index (χ3v) is 3.18. The predicted molar refractivity (Wildman–Crippen MR) is 56.2 cm³/mol. The smallest absolute Gasteiger partial charge is 0.398 e. The van der Waals surface area contributed by atoms with E-state index in [2.05, 4.69) is 31.9 Å². The molecule has 14 heavy (non-hydrogen) atoms. The number of rotatable bonds is 1. The summed E-state index contributed by atoms with van der Waals surface area (Å²) in [5.74, 6) is 0. The normalized spacial score (nSPS) is 11.8. The van der Waals surface area contributed by atoms with Gasteiger partial charge in [0.1, 0.15) is 0 Å². The molecule has 1 rings (SSSR count). The number of nitrogen functional groups attached to an aromatic ring is 1. The van der Waals surface area contributed by atoms with E-state index in [4.69, 9.17) is 5.73 Å². The number of halogens is 5. The van der Waals surface area contributed by atoms with Crippen LogP contribution in [0.3, 0.4) is 0 Å². The van der Waals surface area contributed by atoms with Gasteiger partial charge in [0.15, 0.2) is 0 Å². The van der Waals surface area contributed by atoms with Crippen molar-refractivity contribution in [2.75, 3.05) is 5.73 Å². The number of benzene rings is 1. The van der Waals surface area contributed by atoms with Crippen molar-refractivity contribution in [3.63, 3.8) is 0 Å². The monoisotopic (exact) mass is 331 g/mol. The molecule has 0 atom stereocenters. The first-order valence-corrected chi connectivity index (χ1v) is 5.49. The second-order valence-corrected chi connectivity index (χ2v) is 3.99. The molecule has 0 saturated heterocycles. The molecule has 1 nitrogen and oxygen atoms in total. The highest BCUT2D eigenvalue weighted by Gasteiger charge is 2.33. The second kappa shape index (κ2) is 4.10. The standard InChI is InChI=1S/C8H6Br2F3N/c9-3-4-1-2-5(8(11,12)13)6(10)7(4)14/h1-2H,3,14H2. The van der Waals surface area contributed by atoms with Crippen molar-refractivity contribution in [3.8, 4) is 0 Å². The van der Waals surface area contributed by atoms with Crippen molar-refractivity contribution in [2.45, 2.75) is 11.5 Å². The van der Waals surface area contributed by atoms with Crippen LogP contribution in [0.15, 0.2) is 16.6 Å². The molecule has 0 aromatic heterocycles. The van der Waals surface area contributed by atoms with E-state index in [1.165, 1.54) is 6.07 Å². The quantitative estimate of drug-likeness (QED) is 0.611. The fourth-order valence-corrected chi connectivity index (χ4v) is 2.07. The summed E-state index contributed by atoms with van der Waals surface area (Å²) in [4.78, 5) is 0. The van der Waals surface area contributed by atoms with Crippen LogP contribution >= 0.6 is 31.9 Å². The Kier molecular flexibility index (Phi) is 3.47. The molecule has 6 heteroatoms. The lowest BCUT2D eigenvalue weighted by molar-refractivity contribution is -0.138. The number of nitrogens with two attached hydrogens (primary N) is 1. The molecule has 0 radical (unpaired) electrons. The summed E-state index contributed by atoms with van der Waals surface area (Å²) in [6.45, 7) is 0. The lowest BCUT2D eigenvalue weighted by Crippen LogP contribution is -2.08. The Balaban J connectivity index is 3.31. The van der Waals surface area contributed by atoms with Gasteiger partial charge in [0.2, 0.25) is 0 Å². The largest absolute Gasteiger partial charge is 0.417 e. The first-order chi connectivity index (χ1) is 6.38. The van der Waals surface area contributed by atoms with Crippen molar-refractivity contribution in [3.05, 3.63) is 27.7 Å². The Bertz CT molecular complexity index is 349. The van der Waals surface area contributed by atoms with Crippen LogP contribution in [0.4, 0.5) is 18.9 Å². The average molecular weight is 333 g/mol. The van der Waals surface area contributed by atoms with Crippen LogP contribution in [-0.4, -0.2) is 0 Å². The predicted octanol–water partition coefficient (Wildman–Crippen LogP) is 3.95. The molecule has 0 amide bonds. The minimum atomic E-state index is -4.38. The summed E-state index contributed by atoms with van der Waals surface area (Å²) in [6.07, 6.45) is -4.38. The highest BCUT2D eigenvalue weighted by atomic mass is 79.9. The highest BCUT2D eigenvalue weighted by molar-refractivity contribution is 9.10. The molecule has 0 heterocycles. The Hall–Kier alpha value is -0.230. The van der Waals surface area contributed by atoms with E-state index in [1.807, 2.05) is 0 Å². The van der Waals surface area contributed by atoms with Gasteiger partial charge >= 0.3 is 6.18 Å². The molecule has 1 aromatic rings. The van der Waals surface area contributed by atoms with Crippen molar-refractivity contribution in [2.24, 2.45) is 0 Å². The van der Waals surface area contributed by atoms with Crippen molar-refractivity contribution in [1.82, 2.24) is 0 Å². The van der Waals surface area contributed by atoms with Gasteiger partial charge in [-0.2, -0.15) is 13.2 Å². The van der Waals surface area contributed by atoms with E-state index >= 15 is 0 Å². The molecule has 0 bridgehead atoms. The van der Waals surface area contributed by atoms with Crippen molar-refractivity contribution in [1.29, 1.82) is 0 Å². The molecular formula is C8H6Br2F3N. The zero-order valence-corrected chi connectivity index (χ0v) is 10.0. The van der Waals surface area contributed by atoms with Crippen molar-refractivity contribution >= 4 is 37.5 Å². The molecule has 0 aliphatic rings. The Morgan fingerprint density at radius 3 is 2.29 bits per heavy atom. The first kappa shape index (κ1) is 11.8. The van der Waals surface area contributed by atoms with Gasteiger partial charge in [-0.1, -0.05) is 22.0 Å². The topological polar surface area (TPSA) is 26.0 Å². The first-order valence-electron chi connectivity index (χ1n) is 3.58. The fourth-order valence-electron chi connectivity index (χ4n) is 0.968. The molecule has 0 unspecified atom stereocenters. The molecule has 0 aliphatic carbocycles. The van der Waals surface area contributed by atoms with Gasteiger partial charge in [0, 0.05) is 5.33 Å². The molecular weight excluding hydrogens is 327 g/mol. The van der Waals surface area contributed by atoms with E-state index in [-0.39, 0.29) is 10.2 Å². The summed E-state index contributed by atoms with van der Waals surface area (Å²) >= 11 is 5.98. The summed E-state index contributed by atoms with van der Waals surface area (Å²) in [6, 6.07) is 2.37. The van der Waals surface area contributed by atoms with E-state index in [1.54, 1.807) is 0 Å². The maximum absolute atomic E-state index is 12.4. The number of alkyl halides is 4. The molecule has 0 spiro atoms. The maximum Gasteiger partial charge on any atom is 0.417 e. The minimum Gasteiger partial charge on any atom is -0.398 e. The Morgan fingerprint density at radius 1 is 1.29 bits per heavy atom. The molecule has 2 N–H and O–H groups in total. The molecule has 78 valence electrons. The molecule has 0 saturated carbocycles. The van der Waals surface area contributed by atoms with Crippen LogP contribution < -0.4 is 5.73 Å². The lowest BCUT2D eigenvalue weighted by Gasteiger charge is -2.12. The van der Waals surface area contributed by atoms with E-state index < -0.39 is 11.7 Å². The van der Waals surface area contributed by atoms with Gasteiger partial charge in [0.25, 0.3) is 0 Å². The van der Waals surface area contributed by atoms with Gasteiger partial charge in [-0.05, 0) is 27.6 Å². The van der Waals surface area contributed by atoms with Crippen LogP contribution in [0.25, 0.3) is 0 Å². The molecule has 0 aliphatic heterocycles. The minimum absolute atomic E-state index is 0.0954. The van der Waals surface area contributed by atoms with Crippen molar-refractivity contribution < 1.29 is 13.2 Å². The van der Waals surface area contributed by atoms with E-state index in [9.17, 15) is 13.2 Å². The number of anilines is 1. The lowest BCUT2D eigenvalue weighted by atomic mass is 10.1. The second-order valence-electron chi connectivity index (χ2n) is 2.63. The summed E-state index contributed by atoms with van der Waals surface area (Å²) < 4.78 is 37.0. The van der Waals surface area contributed by atoms with Crippen LogP contribution in [0.5, 0.6) is 0 Å². The van der Waals surface area contributed by atoms with Gasteiger partial charge in [-0.3, -0.25) is 0 Å². The van der Waals surface area contributed by atoms with Crippen LogP contribution in [0, 0.1) is 0 Å². The van der Waals surface area contributed by atoms with E-state index in [0.717, 1.165) is 6.07 Å². The number of hydrogen-bond donors (Lipinski definition) is 1. The molecule has 0 fully saturated rings. The summed E-state index contributed by atoms with van der Waals surface area (Å²) in [5.41, 5.74) is 5.51. The van der Waals surface area contributed by atoms with Gasteiger partial charge in [0.05, 0.1) is 15.7 Å². The Labute approximate surface area is 95.7 Å². The van der Waals surface area contributed by atoms with E-state index in [0.29, 0.717) is 10.9 Å². The molecule has 1 aromatic carbocycles. The van der Waals surface area contributed by atoms with Crippen LogP contribution in [0.1, 0.15) is 11.1 Å². The zero-order chi connectivity index (χ0) is 10.9. The highest BCUT2D eigenvalue weighted by Crippen LogP contribution is 2.39. The maximum atomic E-state index is 12.4. The summed E-state index contributed by atoms with van der Waals surface area (Å²) in [5, 5.41) is 0.426. The van der Waals surface area contributed by atoms with Gasteiger partial charge in [-0.25, -0.2) is 0 Å².